The maximum atomic E-state index is 5.84. The number of nitrogens with zero attached hydrogens (tertiary/aromatic N) is 1. The molecule has 1 atom stereocenters. The van der Waals surface area contributed by atoms with Crippen LogP contribution in [-0.2, 0) is 0 Å². The molecule has 112 valence electrons. The Labute approximate surface area is 136 Å². The van der Waals surface area contributed by atoms with E-state index in [0.29, 0.717) is 16.9 Å². The van der Waals surface area contributed by atoms with E-state index < -0.39 is 0 Å². The fraction of sp³-hybridized carbons (Fsp3) is 0.533. The Morgan fingerprint density at radius 3 is 2.55 bits per heavy atom. The number of thiocarbonyl (C=S) groups is 1. The molecule has 0 saturated heterocycles. The van der Waals surface area contributed by atoms with E-state index in [4.69, 9.17) is 18.0 Å². The van der Waals surface area contributed by atoms with Crippen molar-refractivity contribution in [1.29, 1.82) is 0 Å². The van der Waals surface area contributed by atoms with Gasteiger partial charge in [-0.25, -0.2) is 0 Å². The SMILES string of the molecule is CC(C)CC(CN(C)C)Nc1cccc(Br)c1C(N)=S. The number of rotatable bonds is 7. The molecular formula is C15H24BrN3S. The lowest BCUT2D eigenvalue weighted by Gasteiger charge is -2.26. The maximum absolute atomic E-state index is 5.84. The van der Waals surface area contributed by atoms with Crippen molar-refractivity contribution in [3.63, 3.8) is 0 Å². The number of nitrogens with one attached hydrogen (secondary N) is 1. The maximum Gasteiger partial charge on any atom is 0.107 e. The zero-order valence-corrected chi connectivity index (χ0v) is 15.0. The standard InChI is InChI=1S/C15H24BrN3S/c1-10(2)8-11(9-19(3)4)18-13-7-5-6-12(16)14(13)15(17)20/h5-7,10-11,18H,8-9H2,1-4H3,(H2,17,20). The van der Waals surface area contributed by atoms with E-state index in [2.05, 4.69) is 54.1 Å². The van der Waals surface area contributed by atoms with Crippen LogP contribution >= 0.6 is 28.1 Å². The van der Waals surface area contributed by atoms with Gasteiger partial charge < -0.3 is 16.0 Å². The van der Waals surface area contributed by atoms with Crippen molar-refractivity contribution in [1.82, 2.24) is 4.90 Å². The van der Waals surface area contributed by atoms with E-state index >= 15 is 0 Å². The van der Waals surface area contributed by atoms with E-state index in [1.54, 1.807) is 0 Å². The molecule has 0 aliphatic rings. The van der Waals surface area contributed by atoms with Gasteiger partial charge in [-0.1, -0.05) is 32.1 Å². The van der Waals surface area contributed by atoms with Crippen molar-refractivity contribution >= 4 is 38.8 Å². The molecule has 20 heavy (non-hydrogen) atoms. The second kappa shape index (κ2) is 7.96. The summed E-state index contributed by atoms with van der Waals surface area (Å²) in [5, 5.41) is 3.59. The van der Waals surface area contributed by atoms with E-state index in [-0.39, 0.29) is 0 Å². The van der Waals surface area contributed by atoms with Gasteiger partial charge in [0.15, 0.2) is 0 Å². The molecule has 0 aliphatic heterocycles. The van der Waals surface area contributed by atoms with Gasteiger partial charge in [-0.3, -0.25) is 0 Å². The molecule has 1 aromatic rings. The summed E-state index contributed by atoms with van der Waals surface area (Å²) in [7, 11) is 4.18. The third-order valence-corrected chi connectivity index (χ3v) is 3.83. The van der Waals surface area contributed by atoms with Gasteiger partial charge in [-0.05, 0) is 54.5 Å². The Morgan fingerprint density at radius 1 is 1.40 bits per heavy atom. The van der Waals surface area contributed by atoms with Gasteiger partial charge in [0.1, 0.15) is 4.99 Å². The summed E-state index contributed by atoms with van der Waals surface area (Å²) in [5.74, 6) is 0.632. The number of hydrogen-bond acceptors (Lipinski definition) is 3. The fourth-order valence-electron chi connectivity index (χ4n) is 2.30. The summed E-state index contributed by atoms with van der Waals surface area (Å²) in [4.78, 5) is 2.60. The largest absolute Gasteiger partial charge is 0.389 e. The highest BCUT2D eigenvalue weighted by Gasteiger charge is 2.16. The molecule has 5 heteroatoms. The smallest absolute Gasteiger partial charge is 0.107 e. The van der Waals surface area contributed by atoms with Crippen molar-refractivity contribution in [2.75, 3.05) is 26.0 Å². The summed E-state index contributed by atoms with van der Waals surface area (Å²) in [6.45, 7) is 5.45. The highest BCUT2D eigenvalue weighted by Crippen LogP contribution is 2.26. The van der Waals surface area contributed by atoms with Crippen LogP contribution in [0.4, 0.5) is 5.69 Å². The zero-order valence-electron chi connectivity index (χ0n) is 12.6. The van der Waals surface area contributed by atoms with E-state index in [1.165, 1.54) is 0 Å². The molecule has 1 aromatic carbocycles. The Balaban J connectivity index is 2.98. The lowest BCUT2D eigenvalue weighted by atomic mass is 10.0. The Morgan fingerprint density at radius 2 is 2.05 bits per heavy atom. The highest BCUT2D eigenvalue weighted by atomic mass is 79.9. The van der Waals surface area contributed by atoms with Crippen LogP contribution in [-0.4, -0.2) is 36.6 Å². The van der Waals surface area contributed by atoms with Crippen LogP contribution in [0.15, 0.2) is 22.7 Å². The first-order chi connectivity index (χ1) is 9.31. The van der Waals surface area contributed by atoms with E-state index in [1.807, 2.05) is 18.2 Å². The molecule has 0 aromatic heterocycles. The average Bonchev–Trinajstić information content (AvgIpc) is 2.26. The van der Waals surface area contributed by atoms with Gasteiger partial charge in [0.25, 0.3) is 0 Å². The Kier molecular flexibility index (Phi) is 6.92. The zero-order chi connectivity index (χ0) is 15.3. The molecule has 0 fully saturated rings. The number of nitrogens with two attached hydrogens (primary N) is 1. The van der Waals surface area contributed by atoms with Gasteiger partial charge in [-0.15, -0.1) is 0 Å². The summed E-state index contributed by atoms with van der Waals surface area (Å²) in [5.41, 5.74) is 7.73. The van der Waals surface area contributed by atoms with Gasteiger partial charge in [0.2, 0.25) is 0 Å². The molecule has 0 heterocycles. The first-order valence-electron chi connectivity index (χ1n) is 6.80. The normalized spacial score (nSPS) is 12.8. The van der Waals surface area contributed by atoms with Crippen molar-refractivity contribution < 1.29 is 0 Å². The van der Waals surface area contributed by atoms with Crippen LogP contribution in [0.1, 0.15) is 25.8 Å². The van der Waals surface area contributed by atoms with E-state index in [0.717, 1.165) is 28.7 Å². The molecule has 0 amide bonds. The lowest BCUT2D eigenvalue weighted by molar-refractivity contribution is 0.356. The molecular weight excluding hydrogens is 334 g/mol. The van der Waals surface area contributed by atoms with Crippen LogP contribution in [0.2, 0.25) is 0 Å². The van der Waals surface area contributed by atoms with Gasteiger partial charge in [0.05, 0.1) is 0 Å². The van der Waals surface area contributed by atoms with Crippen LogP contribution in [0.25, 0.3) is 0 Å². The first-order valence-corrected chi connectivity index (χ1v) is 8.01. The summed E-state index contributed by atoms with van der Waals surface area (Å²) >= 11 is 8.68. The molecule has 0 radical (unpaired) electrons. The number of anilines is 1. The fourth-order valence-corrected chi connectivity index (χ4v) is 3.23. The van der Waals surface area contributed by atoms with Crippen molar-refractivity contribution in [2.24, 2.45) is 11.7 Å². The number of benzene rings is 1. The Hall–Kier alpha value is -0.650. The minimum atomic E-state index is 0.368. The van der Waals surface area contributed by atoms with Crippen LogP contribution in [0.3, 0.4) is 0 Å². The number of halogens is 1. The monoisotopic (exact) mass is 357 g/mol. The van der Waals surface area contributed by atoms with Gasteiger partial charge >= 0.3 is 0 Å². The molecule has 0 spiro atoms. The molecule has 0 saturated carbocycles. The molecule has 0 aliphatic carbocycles. The van der Waals surface area contributed by atoms with Crippen LogP contribution in [0, 0.1) is 5.92 Å². The number of likely N-dealkylation sites (N-methyl/N-ethyl adjacent to an activating group) is 1. The summed E-state index contributed by atoms with van der Waals surface area (Å²) in [6, 6.07) is 6.36. The van der Waals surface area contributed by atoms with Crippen molar-refractivity contribution in [2.45, 2.75) is 26.3 Å². The topological polar surface area (TPSA) is 41.3 Å². The predicted molar refractivity (Wildman–Crippen MR) is 95.4 cm³/mol. The quantitative estimate of drug-likeness (QED) is 0.733. The van der Waals surface area contributed by atoms with Gasteiger partial charge in [0, 0.05) is 28.3 Å². The second-order valence-corrected chi connectivity index (χ2v) is 7.05. The predicted octanol–water partition coefficient (Wildman–Crippen LogP) is 3.47. The highest BCUT2D eigenvalue weighted by molar-refractivity contribution is 9.10. The Bertz CT molecular complexity index is 450. The molecule has 3 nitrogen and oxygen atoms in total. The van der Waals surface area contributed by atoms with Crippen LogP contribution < -0.4 is 11.1 Å². The third-order valence-electron chi connectivity index (χ3n) is 2.96. The first kappa shape index (κ1) is 17.4. The van der Waals surface area contributed by atoms with Crippen LogP contribution in [0.5, 0.6) is 0 Å². The lowest BCUT2D eigenvalue weighted by Crippen LogP contribution is -2.34. The van der Waals surface area contributed by atoms with Gasteiger partial charge in [-0.2, -0.15) is 0 Å². The van der Waals surface area contributed by atoms with Crippen molar-refractivity contribution in [3.05, 3.63) is 28.2 Å². The average molecular weight is 358 g/mol. The molecule has 1 rings (SSSR count). The summed E-state index contributed by atoms with van der Waals surface area (Å²) < 4.78 is 0.933. The minimum absolute atomic E-state index is 0.368. The molecule has 0 bridgehead atoms. The molecule has 3 N–H and O–H groups in total. The summed E-state index contributed by atoms with van der Waals surface area (Å²) in [6.07, 6.45) is 1.10. The molecule has 1 unspecified atom stereocenters. The van der Waals surface area contributed by atoms with E-state index in [9.17, 15) is 0 Å². The minimum Gasteiger partial charge on any atom is -0.389 e. The van der Waals surface area contributed by atoms with Crippen molar-refractivity contribution in [3.8, 4) is 0 Å². The second-order valence-electron chi connectivity index (χ2n) is 5.76. The number of hydrogen-bond donors (Lipinski definition) is 2. The third kappa shape index (κ3) is 5.38.